The van der Waals surface area contributed by atoms with Crippen LogP contribution in [0, 0.1) is 6.92 Å². The number of benzene rings is 1. The molecule has 0 saturated carbocycles. The molecule has 2 rings (SSSR count). The molecular weight excluding hydrogens is 264 g/mol. The number of hydrogen-bond acceptors (Lipinski definition) is 0. The monoisotopic (exact) mass is 300 g/mol. The molecule has 1 aromatic carbocycles. The van der Waals surface area contributed by atoms with Gasteiger partial charge in [0, 0.05) is 0 Å². The van der Waals surface area contributed by atoms with Gasteiger partial charge in [-0.25, -0.2) is 0 Å². The van der Waals surface area contributed by atoms with E-state index in [1.54, 1.807) is 5.57 Å². The summed E-state index contributed by atoms with van der Waals surface area (Å²) in [5.41, 5.74) is 4.48. The van der Waals surface area contributed by atoms with E-state index in [0.717, 1.165) is 0 Å². The lowest BCUT2D eigenvalue weighted by Crippen LogP contribution is -1.88. The van der Waals surface area contributed by atoms with Crippen molar-refractivity contribution in [2.24, 2.45) is 0 Å². The van der Waals surface area contributed by atoms with Gasteiger partial charge < -0.3 is 0 Å². The summed E-state index contributed by atoms with van der Waals surface area (Å²) < 4.78 is 0. The molecule has 0 aliphatic heterocycles. The van der Waals surface area contributed by atoms with Gasteiger partial charge in [0.05, 0.1) is 0 Å². The molecular formula is C22H36. The van der Waals surface area contributed by atoms with Crippen LogP contribution in [0.5, 0.6) is 0 Å². The second-order valence-electron chi connectivity index (χ2n) is 5.91. The van der Waals surface area contributed by atoms with Crippen molar-refractivity contribution >= 4 is 0 Å². The zero-order valence-electron chi connectivity index (χ0n) is 14.2. The van der Waals surface area contributed by atoms with Crippen LogP contribution in [0.15, 0.2) is 48.1 Å². The van der Waals surface area contributed by atoms with Gasteiger partial charge in [-0.05, 0) is 70.8 Å². The summed E-state index contributed by atoms with van der Waals surface area (Å²) >= 11 is 0. The molecule has 0 radical (unpaired) electrons. The first-order valence-corrected chi connectivity index (χ1v) is 8.60. The Bertz CT molecular complexity index is 420. The number of rotatable bonds is 5. The van der Waals surface area contributed by atoms with Crippen LogP contribution in [-0.2, 0) is 6.42 Å². The largest absolute Gasteiger partial charge is 0.0917 e. The summed E-state index contributed by atoms with van der Waals surface area (Å²) in [6.45, 7) is 6.45. The first-order valence-electron chi connectivity index (χ1n) is 8.60. The van der Waals surface area contributed by atoms with Gasteiger partial charge >= 0.3 is 0 Å². The Labute approximate surface area is 139 Å². The zero-order valence-corrected chi connectivity index (χ0v) is 14.2. The van der Waals surface area contributed by atoms with E-state index in [-0.39, 0.29) is 7.43 Å². The van der Waals surface area contributed by atoms with Crippen LogP contribution in [-0.4, -0.2) is 0 Å². The molecule has 0 N–H and O–H groups in total. The fraction of sp³-hybridized carbons (Fsp3) is 0.545. The van der Waals surface area contributed by atoms with Crippen LogP contribution in [0.3, 0.4) is 0 Å². The third-order valence-corrected chi connectivity index (χ3v) is 4.03. The van der Waals surface area contributed by atoms with Gasteiger partial charge in [0.15, 0.2) is 0 Å². The van der Waals surface area contributed by atoms with E-state index in [1.165, 1.54) is 62.5 Å². The van der Waals surface area contributed by atoms with E-state index in [4.69, 9.17) is 0 Å². The van der Waals surface area contributed by atoms with Crippen molar-refractivity contribution < 1.29 is 0 Å². The van der Waals surface area contributed by atoms with Gasteiger partial charge in [-0.2, -0.15) is 0 Å². The van der Waals surface area contributed by atoms with Crippen molar-refractivity contribution in [1.82, 2.24) is 0 Å². The summed E-state index contributed by atoms with van der Waals surface area (Å²) in [7, 11) is 0. The van der Waals surface area contributed by atoms with E-state index in [0.29, 0.717) is 0 Å². The van der Waals surface area contributed by atoms with E-state index < -0.39 is 0 Å². The lowest BCUT2D eigenvalue weighted by Gasteiger charge is -2.08. The summed E-state index contributed by atoms with van der Waals surface area (Å²) in [4.78, 5) is 0. The summed E-state index contributed by atoms with van der Waals surface area (Å²) in [6.07, 6.45) is 17.2. The first kappa shape index (κ1) is 20.7. The standard InChI is InChI=1S/C13H18.C8H14.CH4/c1-3-4-5-6-7-13-10-8-12(2)9-11-13;1-2-8-6-4-3-5-7-8;/h3-4,8-11H,5-7H2,1-2H3;6H,2-5,7H2,1H3;1H4/b4-3-;;. The highest BCUT2D eigenvalue weighted by atomic mass is 14.0. The van der Waals surface area contributed by atoms with Crippen LogP contribution < -0.4 is 0 Å². The highest BCUT2D eigenvalue weighted by molar-refractivity contribution is 5.21. The zero-order chi connectivity index (χ0) is 15.3. The topological polar surface area (TPSA) is 0 Å². The summed E-state index contributed by atoms with van der Waals surface area (Å²) in [6, 6.07) is 8.83. The van der Waals surface area contributed by atoms with Crippen molar-refractivity contribution in [3.63, 3.8) is 0 Å². The third-order valence-electron chi connectivity index (χ3n) is 4.03. The summed E-state index contributed by atoms with van der Waals surface area (Å²) in [5, 5.41) is 0. The van der Waals surface area contributed by atoms with E-state index in [9.17, 15) is 0 Å². The molecule has 0 saturated heterocycles. The second kappa shape index (κ2) is 13.4. The molecule has 1 aromatic rings. The van der Waals surface area contributed by atoms with E-state index in [1.807, 2.05) is 0 Å². The Hall–Kier alpha value is -1.30. The lowest BCUT2D eigenvalue weighted by molar-refractivity contribution is 0.684. The minimum absolute atomic E-state index is 0. The molecule has 0 atom stereocenters. The average Bonchev–Trinajstić information content (AvgIpc) is 2.55. The maximum Gasteiger partial charge on any atom is -0.0276 e. The lowest BCUT2D eigenvalue weighted by atomic mass is 9.98. The minimum atomic E-state index is 0. The predicted molar refractivity (Wildman–Crippen MR) is 103 cm³/mol. The van der Waals surface area contributed by atoms with Crippen molar-refractivity contribution in [2.45, 2.75) is 79.6 Å². The highest BCUT2D eigenvalue weighted by Gasteiger charge is 1.98. The Morgan fingerprint density at radius 3 is 2.32 bits per heavy atom. The molecule has 1 aliphatic carbocycles. The van der Waals surface area contributed by atoms with Crippen LogP contribution in [0.4, 0.5) is 0 Å². The maximum atomic E-state index is 2.41. The summed E-state index contributed by atoms with van der Waals surface area (Å²) in [5.74, 6) is 0. The Balaban J connectivity index is 0.000000423. The first-order chi connectivity index (χ1) is 10.3. The second-order valence-corrected chi connectivity index (χ2v) is 5.91. The number of hydrogen-bond donors (Lipinski definition) is 0. The predicted octanol–water partition coefficient (Wildman–Crippen LogP) is 7.43. The van der Waals surface area contributed by atoms with Crippen LogP contribution in [0.25, 0.3) is 0 Å². The molecule has 0 amide bonds. The smallest absolute Gasteiger partial charge is 0.0276 e. The van der Waals surface area contributed by atoms with Gasteiger partial charge in [0.1, 0.15) is 0 Å². The molecule has 0 fully saturated rings. The van der Waals surface area contributed by atoms with Crippen LogP contribution >= 0.6 is 0 Å². The van der Waals surface area contributed by atoms with Gasteiger partial charge in [-0.3, -0.25) is 0 Å². The maximum absolute atomic E-state index is 2.41. The Kier molecular flexibility index (Phi) is 12.6. The molecule has 1 aliphatic rings. The quantitative estimate of drug-likeness (QED) is 0.392. The fourth-order valence-corrected chi connectivity index (χ4v) is 2.57. The van der Waals surface area contributed by atoms with Gasteiger partial charge in [-0.15, -0.1) is 0 Å². The van der Waals surface area contributed by atoms with Gasteiger partial charge in [0.25, 0.3) is 0 Å². The fourth-order valence-electron chi connectivity index (χ4n) is 2.57. The number of aryl methyl sites for hydroxylation is 2. The molecule has 0 spiro atoms. The molecule has 124 valence electrons. The van der Waals surface area contributed by atoms with Crippen molar-refractivity contribution in [3.8, 4) is 0 Å². The van der Waals surface area contributed by atoms with Crippen molar-refractivity contribution in [1.29, 1.82) is 0 Å². The SMILES string of the molecule is C.C/C=C\CCCc1ccc(C)cc1.CCC1=CCCCC1. The number of allylic oxidation sites excluding steroid dienone is 4. The average molecular weight is 301 g/mol. The third kappa shape index (κ3) is 9.60. The Morgan fingerprint density at radius 2 is 1.82 bits per heavy atom. The molecule has 22 heavy (non-hydrogen) atoms. The molecule has 0 bridgehead atoms. The molecule has 0 heterocycles. The van der Waals surface area contributed by atoms with Crippen LogP contribution in [0.2, 0.25) is 0 Å². The molecule has 0 heteroatoms. The molecule has 0 unspecified atom stereocenters. The van der Waals surface area contributed by atoms with Crippen molar-refractivity contribution in [2.75, 3.05) is 0 Å². The van der Waals surface area contributed by atoms with Gasteiger partial charge in [-0.1, -0.05) is 68.0 Å². The minimum Gasteiger partial charge on any atom is -0.0917 e. The highest BCUT2D eigenvalue weighted by Crippen LogP contribution is 2.18. The van der Waals surface area contributed by atoms with E-state index in [2.05, 4.69) is 63.3 Å². The van der Waals surface area contributed by atoms with Crippen molar-refractivity contribution in [3.05, 3.63) is 59.2 Å². The van der Waals surface area contributed by atoms with Gasteiger partial charge in [0.2, 0.25) is 0 Å². The van der Waals surface area contributed by atoms with E-state index >= 15 is 0 Å². The normalized spacial score (nSPS) is 13.9. The number of unbranched alkanes of at least 4 members (excludes halogenated alkanes) is 1. The molecule has 0 nitrogen and oxygen atoms in total. The Morgan fingerprint density at radius 1 is 1.09 bits per heavy atom. The molecule has 0 aromatic heterocycles. The van der Waals surface area contributed by atoms with Crippen LogP contribution in [0.1, 0.15) is 77.3 Å².